The van der Waals surface area contributed by atoms with Gasteiger partial charge in [-0.25, -0.2) is 4.98 Å². The van der Waals surface area contributed by atoms with Crippen LogP contribution in [0.1, 0.15) is 30.1 Å². The van der Waals surface area contributed by atoms with Gasteiger partial charge in [-0.3, -0.25) is 5.10 Å². The van der Waals surface area contributed by atoms with Gasteiger partial charge >= 0.3 is 0 Å². The van der Waals surface area contributed by atoms with E-state index in [1.807, 2.05) is 0 Å². The van der Waals surface area contributed by atoms with Crippen LogP contribution in [0.3, 0.4) is 0 Å². The van der Waals surface area contributed by atoms with Crippen molar-refractivity contribution in [3.63, 3.8) is 0 Å². The molecule has 5 heteroatoms. The Morgan fingerprint density at radius 1 is 1.28 bits per heavy atom. The largest absolute Gasteiger partial charge is 0.307 e. The number of aromatic amines is 1. The molecule has 0 unspecified atom stereocenters. The maximum absolute atomic E-state index is 4.10. The predicted molar refractivity (Wildman–Crippen MR) is 73.1 cm³/mol. The van der Waals surface area contributed by atoms with E-state index < -0.39 is 0 Å². The monoisotopic (exact) mass is 306 g/mol. The zero-order chi connectivity index (χ0) is 12.4. The third-order valence-electron chi connectivity index (χ3n) is 3.50. The fourth-order valence-electron chi connectivity index (χ4n) is 2.35. The normalized spacial score (nSPS) is 22.7. The van der Waals surface area contributed by atoms with E-state index in [9.17, 15) is 0 Å². The Morgan fingerprint density at radius 3 is 2.72 bits per heavy atom. The Balaban J connectivity index is 1.47. The lowest BCUT2D eigenvalue weighted by Gasteiger charge is -2.36. The molecule has 0 radical (unpaired) electrons. The van der Waals surface area contributed by atoms with Crippen molar-refractivity contribution < 1.29 is 0 Å². The predicted octanol–water partition coefficient (Wildman–Crippen LogP) is 2.60. The second-order valence-electron chi connectivity index (χ2n) is 4.73. The minimum atomic E-state index is 0.601. The standard InChI is InChI=1S/C13H15BrN4/c14-11-3-1-9(2-4-11)10-5-12(6-10)15-7-13-16-8-17-18-13/h1-4,8,10,12,15H,5-7H2,(H,16,17,18). The SMILES string of the molecule is Brc1ccc(C2CC(NCc3ncn[nH]3)C2)cc1. The van der Waals surface area contributed by atoms with Gasteiger partial charge in [0.25, 0.3) is 0 Å². The maximum atomic E-state index is 4.10. The molecule has 2 aromatic rings. The summed E-state index contributed by atoms with van der Waals surface area (Å²) in [4.78, 5) is 4.10. The molecule has 1 heterocycles. The van der Waals surface area contributed by atoms with E-state index in [0.717, 1.165) is 16.8 Å². The van der Waals surface area contributed by atoms with E-state index in [0.29, 0.717) is 12.0 Å². The average Bonchev–Trinajstić information content (AvgIpc) is 2.82. The molecule has 0 saturated heterocycles. The number of hydrogen-bond acceptors (Lipinski definition) is 3. The third-order valence-corrected chi connectivity index (χ3v) is 4.03. The van der Waals surface area contributed by atoms with Crippen molar-refractivity contribution in [1.29, 1.82) is 0 Å². The van der Waals surface area contributed by atoms with E-state index in [4.69, 9.17) is 0 Å². The minimum absolute atomic E-state index is 0.601. The summed E-state index contributed by atoms with van der Waals surface area (Å²) < 4.78 is 1.14. The topological polar surface area (TPSA) is 53.6 Å². The molecule has 18 heavy (non-hydrogen) atoms. The molecule has 1 saturated carbocycles. The van der Waals surface area contributed by atoms with Gasteiger partial charge in [-0.2, -0.15) is 5.10 Å². The molecule has 94 valence electrons. The third kappa shape index (κ3) is 2.62. The molecule has 0 amide bonds. The summed E-state index contributed by atoms with van der Waals surface area (Å²) in [5, 5.41) is 10.2. The Morgan fingerprint density at radius 2 is 2.06 bits per heavy atom. The van der Waals surface area contributed by atoms with Crippen LogP contribution in [-0.2, 0) is 6.54 Å². The zero-order valence-electron chi connectivity index (χ0n) is 9.94. The second kappa shape index (κ2) is 5.20. The van der Waals surface area contributed by atoms with Gasteiger partial charge in [0.15, 0.2) is 0 Å². The summed E-state index contributed by atoms with van der Waals surface area (Å²) in [7, 11) is 0. The van der Waals surface area contributed by atoms with Crippen LogP contribution in [0.25, 0.3) is 0 Å². The van der Waals surface area contributed by atoms with Gasteiger partial charge < -0.3 is 5.32 Å². The van der Waals surface area contributed by atoms with Crippen LogP contribution in [-0.4, -0.2) is 21.2 Å². The van der Waals surface area contributed by atoms with Crippen LogP contribution in [0, 0.1) is 0 Å². The van der Waals surface area contributed by atoms with Gasteiger partial charge in [-0.1, -0.05) is 28.1 Å². The smallest absolute Gasteiger partial charge is 0.138 e. The van der Waals surface area contributed by atoms with Gasteiger partial charge in [0.2, 0.25) is 0 Å². The van der Waals surface area contributed by atoms with Crippen LogP contribution in [0.15, 0.2) is 35.1 Å². The number of nitrogens with one attached hydrogen (secondary N) is 2. The molecule has 0 atom stereocenters. The van der Waals surface area contributed by atoms with Crippen LogP contribution < -0.4 is 5.32 Å². The Bertz CT molecular complexity index is 488. The lowest BCUT2D eigenvalue weighted by Crippen LogP contribution is -2.39. The molecular formula is C13H15BrN4. The molecule has 0 aliphatic heterocycles. The quantitative estimate of drug-likeness (QED) is 0.913. The molecule has 1 aliphatic rings. The first-order chi connectivity index (χ1) is 8.81. The number of hydrogen-bond donors (Lipinski definition) is 2. The highest BCUT2D eigenvalue weighted by atomic mass is 79.9. The molecule has 4 nitrogen and oxygen atoms in total. The maximum Gasteiger partial charge on any atom is 0.138 e. The highest BCUT2D eigenvalue weighted by Gasteiger charge is 2.29. The van der Waals surface area contributed by atoms with Gasteiger partial charge in [0.1, 0.15) is 12.2 Å². The van der Waals surface area contributed by atoms with Crippen molar-refractivity contribution in [2.24, 2.45) is 0 Å². The fraction of sp³-hybridized carbons (Fsp3) is 0.385. The average molecular weight is 307 g/mol. The molecule has 1 aromatic heterocycles. The van der Waals surface area contributed by atoms with Gasteiger partial charge in [0.05, 0.1) is 6.54 Å². The molecule has 3 rings (SSSR count). The van der Waals surface area contributed by atoms with E-state index >= 15 is 0 Å². The molecule has 1 aliphatic carbocycles. The second-order valence-corrected chi connectivity index (χ2v) is 5.65. The molecule has 0 spiro atoms. The van der Waals surface area contributed by atoms with Gasteiger partial charge in [-0.15, -0.1) is 0 Å². The summed E-state index contributed by atoms with van der Waals surface area (Å²) >= 11 is 3.46. The van der Waals surface area contributed by atoms with E-state index in [-0.39, 0.29) is 0 Å². The Hall–Kier alpha value is -1.20. The van der Waals surface area contributed by atoms with Crippen molar-refractivity contribution in [3.8, 4) is 0 Å². The summed E-state index contributed by atoms with van der Waals surface area (Å²) in [6.07, 6.45) is 3.95. The van der Waals surface area contributed by atoms with Crippen molar-refractivity contribution in [2.75, 3.05) is 0 Å². The van der Waals surface area contributed by atoms with E-state index in [1.165, 1.54) is 18.4 Å². The van der Waals surface area contributed by atoms with Gasteiger partial charge in [0, 0.05) is 10.5 Å². The van der Waals surface area contributed by atoms with E-state index in [1.54, 1.807) is 6.33 Å². The van der Waals surface area contributed by atoms with E-state index in [2.05, 4.69) is 60.7 Å². The number of halogens is 1. The molecule has 2 N–H and O–H groups in total. The number of nitrogens with zero attached hydrogens (tertiary/aromatic N) is 2. The summed E-state index contributed by atoms with van der Waals surface area (Å²) in [5.41, 5.74) is 1.44. The number of aromatic nitrogens is 3. The van der Waals surface area contributed by atoms with Gasteiger partial charge in [-0.05, 0) is 36.5 Å². The number of benzene rings is 1. The molecule has 1 aromatic carbocycles. The van der Waals surface area contributed by atoms with Crippen LogP contribution in [0.4, 0.5) is 0 Å². The lowest BCUT2D eigenvalue weighted by atomic mass is 9.76. The Kier molecular flexibility index (Phi) is 3.43. The summed E-state index contributed by atoms with van der Waals surface area (Å²) in [5.74, 6) is 1.60. The van der Waals surface area contributed by atoms with Crippen LogP contribution >= 0.6 is 15.9 Å². The van der Waals surface area contributed by atoms with Crippen LogP contribution in [0.2, 0.25) is 0 Å². The van der Waals surface area contributed by atoms with Crippen molar-refractivity contribution >= 4 is 15.9 Å². The van der Waals surface area contributed by atoms with Crippen LogP contribution in [0.5, 0.6) is 0 Å². The zero-order valence-corrected chi connectivity index (χ0v) is 11.5. The number of rotatable bonds is 4. The van der Waals surface area contributed by atoms with Crippen molar-refractivity contribution in [2.45, 2.75) is 31.3 Å². The minimum Gasteiger partial charge on any atom is -0.307 e. The van der Waals surface area contributed by atoms with Crippen molar-refractivity contribution in [3.05, 3.63) is 46.5 Å². The fourth-order valence-corrected chi connectivity index (χ4v) is 2.61. The lowest BCUT2D eigenvalue weighted by molar-refractivity contribution is 0.287. The first kappa shape index (κ1) is 11.9. The summed E-state index contributed by atoms with van der Waals surface area (Å²) in [6.45, 7) is 0.776. The van der Waals surface area contributed by atoms with Crippen molar-refractivity contribution in [1.82, 2.24) is 20.5 Å². The highest BCUT2D eigenvalue weighted by Crippen LogP contribution is 2.37. The highest BCUT2D eigenvalue weighted by molar-refractivity contribution is 9.10. The summed E-state index contributed by atoms with van der Waals surface area (Å²) in [6, 6.07) is 9.25. The molecular weight excluding hydrogens is 292 g/mol. The Labute approximate surface area is 114 Å². The number of H-pyrrole nitrogens is 1. The molecule has 0 bridgehead atoms. The first-order valence-corrected chi connectivity index (χ1v) is 6.93. The molecule has 1 fully saturated rings. The first-order valence-electron chi connectivity index (χ1n) is 6.14.